The molecular weight excluding hydrogens is 164 g/mol. The van der Waals surface area contributed by atoms with Crippen LogP contribution in [0.5, 0.6) is 0 Å². The van der Waals surface area contributed by atoms with Crippen LogP contribution in [-0.4, -0.2) is 41.5 Å². The van der Waals surface area contributed by atoms with E-state index in [2.05, 4.69) is 27.7 Å². The molecule has 0 unspecified atom stereocenters. The fourth-order valence-electron chi connectivity index (χ4n) is 1.69. The number of rotatable bonds is 3. The van der Waals surface area contributed by atoms with Gasteiger partial charge in [0.05, 0.1) is 0 Å². The van der Waals surface area contributed by atoms with Gasteiger partial charge in [0, 0.05) is 25.7 Å². The highest BCUT2D eigenvalue weighted by atomic mass is 16.2. The molecule has 0 radical (unpaired) electrons. The van der Waals surface area contributed by atoms with E-state index >= 15 is 0 Å². The van der Waals surface area contributed by atoms with E-state index in [9.17, 15) is 4.79 Å². The van der Waals surface area contributed by atoms with Crippen LogP contribution in [0.1, 0.15) is 27.7 Å². The second kappa shape index (κ2) is 3.99. The van der Waals surface area contributed by atoms with Gasteiger partial charge in [0.15, 0.2) is 0 Å². The minimum absolute atomic E-state index is 0.212. The molecule has 1 fully saturated rings. The van der Waals surface area contributed by atoms with Gasteiger partial charge < -0.3 is 9.80 Å². The molecule has 1 aliphatic heterocycles. The van der Waals surface area contributed by atoms with Crippen LogP contribution in [0.15, 0.2) is 0 Å². The van der Waals surface area contributed by atoms with Gasteiger partial charge in [-0.3, -0.25) is 0 Å². The maximum absolute atomic E-state index is 11.7. The lowest BCUT2D eigenvalue weighted by molar-refractivity contribution is 0.179. The topological polar surface area (TPSA) is 23.6 Å². The van der Waals surface area contributed by atoms with E-state index in [0.29, 0.717) is 12.0 Å². The molecule has 0 N–H and O–H groups in total. The molecule has 0 bridgehead atoms. The highest BCUT2D eigenvalue weighted by Gasteiger charge is 2.29. The number of amides is 2. The zero-order chi connectivity index (χ0) is 10.0. The van der Waals surface area contributed by atoms with Crippen LogP contribution in [0.3, 0.4) is 0 Å². The van der Waals surface area contributed by atoms with E-state index in [-0.39, 0.29) is 6.03 Å². The Kier molecular flexibility index (Phi) is 3.17. The molecule has 0 spiro atoms. The average Bonchev–Trinajstić information content (AvgIpc) is 2.32. The van der Waals surface area contributed by atoms with Crippen molar-refractivity contribution < 1.29 is 4.79 Å². The number of carbonyl (C=O) groups is 1. The van der Waals surface area contributed by atoms with E-state index in [0.717, 1.165) is 19.6 Å². The van der Waals surface area contributed by atoms with E-state index in [4.69, 9.17) is 0 Å². The summed E-state index contributed by atoms with van der Waals surface area (Å²) >= 11 is 0. The van der Waals surface area contributed by atoms with Crippen LogP contribution in [0, 0.1) is 5.92 Å². The van der Waals surface area contributed by atoms with Gasteiger partial charge in [-0.15, -0.1) is 0 Å². The predicted molar refractivity (Wildman–Crippen MR) is 53.6 cm³/mol. The van der Waals surface area contributed by atoms with Gasteiger partial charge >= 0.3 is 6.03 Å². The highest BCUT2D eigenvalue weighted by molar-refractivity contribution is 5.76. The summed E-state index contributed by atoms with van der Waals surface area (Å²) in [6, 6.07) is 0.549. The Balaban J connectivity index is 2.50. The Labute approximate surface area is 80.7 Å². The van der Waals surface area contributed by atoms with E-state index in [1.165, 1.54) is 0 Å². The molecule has 3 heteroatoms. The van der Waals surface area contributed by atoms with E-state index in [1.807, 2.05) is 9.80 Å². The van der Waals surface area contributed by atoms with Gasteiger partial charge in [0.2, 0.25) is 0 Å². The van der Waals surface area contributed by atoms with Crippen molar-refractivity contribution in [3.8, 4) is 0 Å². The third-order valence-corrected chi connectivity index (χ3v) is 2.34. The molecule has 0 atom stereocenters. The van der Waals surface area contributed by atoms with Crippen molar-refractivity contribution >= 4 is 6.03 Å². The first-order valence-electron chi connectivity index (χ1n) is 5.08. The molecule has 0 saturated carbocycles. The van der Waals surface area contributed by atoms with Gasteiger partial charge in [0.1, 0.15) is 0 Å². The summed E-state index contributed by atoms with van der Waals surface area (Å²) in [5.41, 5.74) is 0. The quantitative estimate of drug-likeness (QED) is 0.656. The van der Waals surface area contributed by atoms with Crippen molar-refractivity contribution in [2.45, 2.75) is 33.7 Å². The lowest BCUT2D eigenvalue weighted by Gasteiger charge is -2.22. The zero-order valence-electron chi connectivity index (χ0n) is 9.08. The first-order valence-corrected chi connectivity index (χ1v) is 5.08. The van der Waals surface area contributed by atoms with Gasteiger partial charge in [-0.25, -0.2) is 4.79 Å². The van der Waals surface area contributed by atoms with Crippen LogP contribution in [-0.2, 0) is 0 Å². The molecule has 0 aromatic heterocycles. The summed E-state index contributed by atoms with van der Waals surface area (Å²) in [5, 5.41) is 0. The van der Waals surface area contributed by atoms with E-state index < -0.39 is 0 Å². The van der Waals surface area contributed by atoms with Crippen molar-refractivity contribution in [1.82, 2.24) is 9.80 Å². The Bertz CT molecular complexity index is 189. The summed E-state index contributed by atoms with van der Waals surface area (Å²) < 4.78 is 0. The minimum Gasteiger partial charge on any atom is -0.323 e. The largest absolute Gasteiger partial charge is 0.323 e. The van der Waals surface area contributed by atoms with Gasteiger partial charge in [-0.2, -0.15) is 0 Å². The molecule has 3 nitrogen and oxygen atoms in total. The van der Waals surface area contributed by atoms with Crippen LogP contribution in [0.25, 0.3) is 0 Å². The molecular formula is C10H20N2O. The van der Waals surface area contributed by atoms with Crippen molar-refractivity contribution in [3.63, 3.8) is 0 Å². The predicted octanol–water partition coefficient (Wildman–Crippen LogP) is 1.79. The molecule has 13 heavy (non-hydrogen) atoms. The fraction of sp³-hybridized carbons (Fsp3) is 0.900. The third kappa shape index (κ3) is 2.36. The van der Waals surface area contributed by atoms with Gasteiger partial charge in [-0.1, -0.05) is 13.8 Å². The summed E-state index contributed by atoms with van der Waals surface area (Å²) in [6.45, 7) is 11.1. The maximum Gasteiger partial charge on any atom is 0.320 e. The molecule has 1 heterocycles. The van der Waals surface area contributed by atoms with Crippen molar-refractivity contribution in [1.29, 1.82) is 0 Å². The van der Waals surface area contributed by atoms with E-state index in [1.54, 1.807) is 0 Å². The summed E-state index contributed by atoms with van der Waals surface area (Å²) in [6.07, 6.45) is 0. The first kappa shape index (κ1) is 10.4. The van der Waals surface area contributed by atoms with Crippen LogP contribution >= 0.6 is 0 Å². The highest BCUT2D eigenvalue weighted by Crippen LogP contribution is 2.13. The zero-order valence-corrected chi connectivity index (χ0v) is 9.08. The molecule has 0 aliphatic carbocycles. The SMILES string of the molecule is CC(C)CN1CCN(C(C)C)C1=O. The number of carbonyl (C=O) groups excluding carboxylic acids is 1. The number of nitrogens with zero attached hydrogens (tertiary/aromatic N) is 2. The van der Waals surface area contributed by atoms with Crippen LogP contribution in [0.4, 0.5) is 4.79 Å². The summed E-state index contributed by atoms with van der Waals surface area (Å²) in [7, 11) is 0. The van der Waals surface area contributed by atoms with Crippen LogP contribution in [0.2, 0.25) is 0 Å². The molecule has 1 rings (SSSR count). The standard InChI is InChI=1S/C10H20N2O/c1-8(2)7-11-5-6-12(9(3)4)10(11)13/h8-9H,5-7H2,1-4H3. The van der Waals surface area contributed by atoms with Gasteiger partial charge in [0.25, 0.3) is 0 Å². The normalized spacial score (nSPS) is 18.2. The lowest BCUT2D eigenvalue weighted by Crippen LogP contribution is -2.37. The molecule has 0 aromatic carbocycles. The Morgan fingerprint density at radius 1 is 1.23 bits per heavy atom. The molecule has 1 saturated heterocycles. The van der Waals surface area contributed by atoms with Crippen molar-refractivity contribution in [2.24, 2.45) is 5.92 Å². The maximum atomic E-state index is 11.7. The molecule has 2 amide bonds. The molecule has 1 aliphatic rings. The third-order valence-electron chi connectivity index (χ3n) is 2.34. The summed E-state index contributed by atoms with van der Waals surface area (Å²) in [5.74, 6) is 0.566. The number of urea groups is 1. The second-order valence-electron chi connectivity index (χ2n) is 4.41. The smallest absolute Gasteiger partial charge is 0.320 e. The van der Waals surface area contributed by atoms with Crippen molar-refractivity contribution in [2.75, 3.05) is 19.6 Å². The molecule has 76 valence electrons. The minimum atomic E-state index is 0.212. The first-order chi connectivity index (χ1) is 6.02. The lowest BCUT2D eigenvalue weighted by atomic mass is 10.2. The average molecular weight is 184 g/mol. The van der Waals surface area contributed by atoms with Gasteiger partial charge in [-0.05, 0) is 19.8 Å². The number of hydrogen-bond donors (Lipinski definition) is 0. The number of hydrogen-bond acceptors (Lipinski definition) is 1. The van der Waals surface area contributed by atoms with Crippen LogP contribution < -0.4 is 0 Å². The summed E-state index contributed by atoms with van der Waals surface area (Å²) in [4.78, 5) is 15.6. The second-order valence-corrected chi connectivity index (χ2v) is 4.41. The monoisotopic (exact) mass is 184 g/mol. The van der Waals surface area contributed by atoms with Crippen molar-refractivity contribution in [3.05, 3.63) is 0 Å². The fourth-order valence-corrected chi connectivity index (χ4v) is 1.69. The Morgan fingerprint density at radius 2 is 1.85 bits per heavy atom. The Hall–Kier alpha value is -0.730. The Morgan fingerprint density at radius 3 is 2.23 bits per heavy atom. The molecule has 0 aromatic rings.